The van der Waals surface area contributed by atoms with E-state index in [0.717, 1.165) is 5.75 Å². The number of carboxylic acid groups (broad SMARTS) is 1. The monoisotopic (exact) mass is 281 g/mol. The molecule has 1 amide bonds. The van der Waals surface area contributed by atoms with Crippen LogP contribution in [0.15, 0.2) is 24.3 Å². The van der Waals surface area contributed by atoms with Gasteiger partial charge in [-0.15, -0.1) is 11.8 Å². The van der Waals surface area contributed by atoms with Crippen LogP contribution in [-0.2, 0) is 15.3 Å². The van der Waals surface area contributed by atoms with Gasteiger partial charge in [0.15, 0.2) is 0 Å². The molecule has 1 aromatic carbocycles. The van der Waals surface area contributed by atoms with Crippen LogP contribution in [0, 0.1) is 6.92 Å². The first-order valence-electron chi connectivity index (χ1n) is 6.12. The molecule has 0 aliphatic carbocycles. The van der Waals surface area contributed by atoms with Crippen molar-refractivity contribution in [3.63, 3.8) is 0 Å². The van der Waals surface area contributed by atoms with Gasteiger partial charge in [-0.2, -0.15) is 0 Å². The predicted molar refractivity (Wildman–Crippen MR) is 77.2 cm³/mol. The Labute approximate surface area is 117 Å². The Hall–Kier alpha value is -1.49. The average Bonchev–Trinajstić information content (AvgIpc) is 2.30. The maximum atomic E-state index is 11.6. The molecule has 0 aliphatic rings. The molecule has 1 aromatic rings. The summed E-state index contributed by atoms with van der Waals surface area (Å²) in [6, 6.07) is 7.86. The van der Waals surface area contributed by atoms with Crippen LogP contribution in [0.5, 0.6) is 0 Å². The molecule has 0 bridgehead atoms. The number of carbonyl (C=O) groups is 2. The lowest BCUT2D eigenvalue weighted by molar-refractivity contribution is -0.137. The number of hydrogen-bond acceptors (Lipinski definition) is 3. The summed E-state index contributed by atoms with van der Waals surface area (Å²) in [6.45, 7) is 3.73. The lowest BCUT2D eigenvalue weighted by Gasteiger charge is -2.11. The van der Waals surface area contributed by atoms with Crippen molar-refractivity contribution in [2.75, 3.05) is 5.75 Å². The second-order valence-electron chi connectivity index (χ2n) is 4.54. The van der Waals surface area contributed by atoms with E-state index in [4.69, 9.17) is 5.11 Å². The summed E-state index contributed by atoms with van der Waals surface area (Å²) in [5.74, 6) is 0.102. The topological polar surface area (TPSA) is 66.4 Å². The molecule has 0 aliphatic heterocycles. The van der Waals surface area contributed by atoms with Gasteiger partial charge in [0.25, 0.3) is 0 Å². The molecule has 1 unspecified atom stereocenters. The average molecular weight is 281 g/mol. The van der Waals surface area contributed by atoms with Crippen molar-refractivity contribution in [2.45, 2.75) is 32.1 Å². The van der Waals surface area contributed by atoms with E-state index < -0.39 is 5.97 Å². The fourth-order valence-corrected chi connectivity index (χ4v) is 2.37. The highest BCUT2D eigenvalue weighted by Gasteiger charge is 2.10. The molecule has 0 heterocycles. The van der Waals surface area contributed by atoms with Gasteiger partial charge in [0, 0.05) is 11.8 Å². The summed E-state index contributed by atoms with van der Waals surface area (Å²) in [5, 5.41) is 11.3. The number of hydrogen-bond donors (Lipinski definition) is 2. The van der Waals surface area contributed by atoms with Crippen LogP contribution >= 0.6 is 11.8 Å². The number of carboxylic acids is 1. The first-order valence-corrected chi connectivity index (χ1v) is 7.27. The molecule has 1 rings (SSSR count). The number of rotatable bonds is 7. The predicted octanol–water partition coefficient (Wildman–Crippen LogP) is 2.21. The Morgan fingerprint density at radius 2 is 1.95 bits per heavy atom. The molecule has 0 saturated heterocycles. The molecule has 2 N–H and O–H groups in total. The molecule has 0 radical (unpaired) electrons. The third-order valence-corrected chi connectivity index (χ3v) is 3.51. The van der Waals surface area contributed by atoms with Gasteiger partial charge >= 0.3 is 5.97 Å². The number of carbonyl (C=O) groups excluding carboxylic acids is 1. The SMILES string of the molecule is Cc1ccc(CSCC(=O)NC(C)CC(=O)O)cc1. The first kappa shape index (κ1) is 15.6. The Balaban J connectivity index is 2.23. The lowest BCUT2D eigenvalue weighted by Crippen LogP contribution is -2.35. The fourth-order valence-electron chi connectivity index (χ4n) is 1.58. The van der Waals surface area contributed by atoms with Crippen LogP contribution in [0.4, 0.5) is 0 Å². The van der Waals surface area contributed by atoms with Crippen molar-refractivity contribution in [3.05, 3.63) is 35.4 Å². The van der Waals surface area contributed by atoms with Gasteiger partial charge < -0.3 is 10.4 Å². The van der Waals surface area contributed by atoms with E-state index in [1.165, 1.54) is 22.9 Å². The van der Waals surface area contributed by atoms with Crippen molar-refractivity contribution < 1.29 is 14.7 Å². The number of amides is 1. The minimum absolute atomic E-state index is 0.0473. The summed E-state index contributed by atoms with van der Waals surface area (Å²) in [6.07, 6.45) is -0.0473. The maximum Gasteiger partial charge on any atom is 0.305 e. The molecule has 1 atom stereocenters. The minimum atomic E-state index is -0.903. The van der Waals surface area contributed by atoms with Crippen LogP contribution in [0.1, 0.15) is 24.5 Å². The van der Waals surface area contributed by atoms with Gasteiger partial charge in [0.2, 0.25) is 5.91 Å². The highest BCUT2D eigenvalue weighted by Crippen LogP contribution is 2.12. The molecule has 0 aromatic heterocycles. The number of nitrogens with one attached hydrogen (secondary N) is 1. The second kappa shape index (κ2) is 7.84. The normalized spacial score (nSPS) is 11.9. The van der Waals surface area contributed by atoms with Crippen LogP contribution in [-0.4, -0.2) is 28.8 Å². The Kier molecular flexibility index (Phi) is 6.42. The summed E-state index contributed by atoms with van der Waals surface area (Å²) in [4.78, 5) is 22.0. The largest absolute Gasteiger partial charge is 0.481 e. The zero-order chi connectivity index (χ0) is 14.3. The molecule has 104 valence electrons. The van der Waals surface area contributed by atoms with Crippen molar-refractivity contribution in [1.29, 1.82) is 0 Å². The molecule has 5 heteroatoms. The van der Waals surface area contributed by atoms with E-state index in [0.29, 0.717) is 5.75 Å². The van der Waals surface area contributed by atoms with Gasteiger partial charge in [-0.25, -0.2) is 0 Å². The summed E-state index contributed by atoms with van der Waals surface area (Å²) >= 11 is 1.52. The molecule has 4 nitrogen and oxygen atoms in total. The molecule has 0 spiro atoms. The summed E-state index contributed by atoms with van der Waals surface area (Å²) in [5.41, 5.74) is 2.40. The minimum Gasteiger partial charge on any atom is -0.481 e. The highest BCUT2D eigenvalue weighted by molar-refractivity contribution is 7.99. The zero-order valence-corrected chi connectivity index (χ0v) is 12.0. The Morgan fingerprint density at radius 1 is 1.32 bits per heavy atom. The molecule has 19 heavy (non-hydrogen) atoms. The molecular weight excluding hydrogens is 262 g/mol. The van der Waals surface area contributed by atoms with Crippen LogP contribution < -0.4 is 5.32 Å². The third-order valence-electron chi connectivity index (χ3n) is 2.51. The highest BCUT2D eigenvalue weighted by atomic mass is 32.2. The number of thioether (sulfide) groups is 1. The van der Waals surface area contributed by atoms with Gasteiger partial charge in [-0.05, 0) is 19.4 Å². The molecule has 0 saturated carbocycles. The van der Waals surface area contributed by atoms with E-state index in [-0.39, 0.29) is 18.4 Å². The standard InChI is InChI=1S/C14H19NO3S/c1-10-3-5-12(6-4-10)8-19-9-13(16)15-11(2)7-14(17)18/h3-6,11H,7-9H2,1-2H3,(H,15,16)(H,17,18). The lowest BCUT2D eigenvalue weighted by atomic mass is 10.2. The van der Waals surface area contributed by atoms with E-state index in [1.807, 2.05) is 31.2 Å². The first-order chi connectivity index (χ1) is 8.97. The van der Waals surface area contributed by atoms with Gasteiger partial charge in [-0.1, -0.05) is 29.8 Å². The fraction of sp³-hybridized carbons (Fsp3) is 0.429. The van der Waals surface area contributed by atoms with Crippen molar-refractivity contribution in [1.82, 2.24) is 5.32 Å². The second-order valence-corrected chi connectivity index (χ2v) is 5.53. The summed E-state index contributed by atoms with van der Waals surface area (Å²) < 4.78 is 0. The van der Waals surface area contributed by atoms with Crippen molar-refractivity contribution in [3.8, 4) is 0 Å². The van der Waals surface area contributed by atoms with Crippen LogP contribution in [0.25, 0.3) is 0 Å². The number of benzene rings is 1. The zero-order valence-electron chi connectivity index (χ0n) is 11.2. The summed E-state index contributed by atoms with van der Waals surface area (Å²) in [7, 11) is 0. The maximum absolute atomic E-state index is 11.6. The van der Waals surface area contributed by atoms with Gasteiger partial charge in [0.1, 0.15) is 0 Å². The van der Waals surface area contributed by atoms with Gasteiger partial charge in [-0.3, -0.25) is 9.59 Å². The number of aliphatic carboxylic acids is 1. The number of aryl methyl sites for hydroxylation is 1. The van der Waals surface area contributed by atoms with E-state index in [1.54, 1.807) is 6.92 Å². The Morgan fingerprint density at radius 3 is 2.53 bits per heavy atom. The van der Waals surface area contributed by atoms with E-state index >= 15 is 0 Å². The molecular formula is C14H19NO3S. The smallest absolute Gasteiger partial charge is 0.305 e. The van der Waals surface area contributed by atoms with Crippen LogP contribution in [0.2, 0.25) is 0 Å². The van der Waals surface area contributed by atoms with E-state index in [9.17, 15) is 9.59 Å². The van der Waals surface area contributed by atoms with Gasteiger partial charge in [0.05, 0.1) is 12.2 Å². The molecule has 0 fully saturated rings. The quantitative estimate of drug-likeness (QED) is 0.804. The van der Waals surface area contributed by atoms with Crippen molar-refractivity contribution >= 4 is 23.6 Å². The van der Waals surface area contributed by atoms with E-state index in [2.05, 4.69) is 5.32 Å². The van der Waals surface area contributed by atoms with Crippen molar-refractivity contribution in [2.24, 2.45) is 0 Å². The van der Waals surface area contributed by atoms with Crippen LogP contribution in [0.3, 0.4) is 0 Å². The third kappa shape index (κ3) is 6.86. The Bertz CT molecular complexity index is 431.